The van der Waals surface area contributed by atoms with Crippen molar-refractivity contribution in [2.75, 3.05) is 38.1 Å². The SMILES string of the molecule is CN1CCN(c2ccc(/C=C/CN)cc2)C(=O)C1. The molecule has 0 saturated carbocycles. The molecule has 1 fully saturated rings. The Kier molecular flexibility index (Phi) is 4.12. The smallest absolute Gasteiger partial charge is 0.241 e. The van der Waals surface area contributed by atoms with Gasteiger partial charge in [0.05, 0.1) is 6.54 Å². The molecule has 18 heavy (non-hydrogen) atoms. The van der Waals surface area contributed by atoms with Crippen molar-refractivity contribution < 1.29 is 4.79 Å². The first-order chi connectivity index (χ1) is 8.70. The highest BCUT2D eigenvalue weighted by atomic mass is 16.2. The molecule has 2 rings (SSSR count). The number of amides is 1. The third kappa shape index (κ3) is 2.97. The van der Waals surface area contributed by atoms with Gasteiger partial charge in [0, 0.05) is 25.3 Å². The summed E-state index contributed by atoms with van der Waals surface area (Å²) in [5.74, 6) is 0.161. The van der Waals surface area contributed by atoms with Crippen molar-refractivity contribution in [3.8, 4) is 0 Å². The van der Waals surface area contributed by atoms with E-state index in [1.54, 1.807) is 0 Å². The van der Waals surface area contributed by atoms with Crippen molar-refractivity contribution in [2.45, 2.75) is 0 Å². The number of anilines is 1. The van der Waals surface area contributed by atoms with Gasteiger partial charge >= 0.3 is 0 Å². The molecule has 1 aromatic rings. The topological polar surface area (TPSA) is 49.6 Å². The van der Waals surface area contributed by atoms with Crippen LogP contribution in [0.5, 0.6) is 0 Å². The summed E-state index contributed by atoms with van der Waals surface area (Å²) in [6.07, 6.45) is 3.89. The molecule has 1 amide bonds. The molecule has 1 heterocycles. The van der Waals surface area contributed by atoms with Crippen molar-refractivity contribution in [3.63, 3.8) is 0 Å². The summed E-state index contributed by atoms with van der Waals surface area (Å²) in [5, 5.41) is 0. The molecule has 1 aliphatic heterocycles. The minimum atomic E-state index is 0.161. The van der Waals surface area contributed by atoms with E-state index in [0.717, 1.165) is 24.3 Å². The Balaban J connectivity index is 2.09. The van der Waals surface area contributed by atoms with E-state index in [2.05, 4.69) is 0 Å². The largest absolute Gasteiger partial charge is 0.327 e. The number of nitrogens with two attached hydrogens (primary N) is 1. The van der Waals surface area contributed by atoms with Crippen molar-refractivity contribution in [1.29, 1.82) is 0 Å². The lowest BCUT2D eigenvalue weighted by molar-refractivity contribution is -0.120. The summed E-state index contributed by atoms with van der Waals surface area (Å²) >= 11 is 0. The molecule has 0 spiro atoms. The van der Waals surface area contributed by atoms with Gasteiger partial charge in [-0.05, 0) is 24.7 Å². The molecule has 96 valence electrons. The van der Waals surface area contributed by atoms with E-state index >= 15 is 0 Å². The monoisotopic (exact) mass is 245 g/mol. The Morgan fingerprint density at radius 3 is 2.61 bits per heavy atom. The molecular formula is C14H19N3O. The normalized spacial score (nSPS) is 17.7. The number of carbonyl (C=O) groups is 1. The van der Waals surface area contributed by atoms with E-state index in [0.29, 0.717) is 13.1 Å². The maximum absolute atomic E-state index is 11.9. The van der Waals surface area contributed by atoms with E-state index < -0.39 is 0 Å². The summed E-state index contributed by atoms with van der Waals surface area (Å²) in [5.41, 5.74) is 7.48. The zero-order chi connectivity index (χ0) is 13.0. The average Bonchev–Trinajstić information content (AvgIpc) is 2.37. The van der Waals surface area contributed by atoms with Crippen LogP contribution in [0, 0.1) is 0 Å². The number of benzene rings is 1. The van der Waals surface area contributed by atoms with Gasteiger partial charge in [-0.15, -0.1) is 0 Å². The second-order valence-corrected chi connectivity index (χ2v) is 4.51. The van der Waals surface area contributed by atoms with Crippen LogP contribution in [0.1, 0.15) is 5.56 Å². The average molecular weight is 245 g/mol. The van der Waals surface area contributed by atoms with Gasteiger partial charge in [0.2, 0.25) is 5.91 Å². The van der Waals surface area contributed by atoms with Gasteiger partial charge in [-0.1, -0.05) is 24.3 Å². The van der Waals surface area contributed by atoms with E-state index in [1.807, 2.05) is 53.3 Å². The van der Waals surface area contributed by atoms with Crippen LogP contribution < -0.4 is 10.6 Å². The molecule has 1 saturated heterocycles. The fourth-order valence-corrected chi connectivity index (χ4v) is 2.03. The lowest BCUT2D eigenvalue weighted by Gasteiger charge is -2.32. The predicted octanol–water partition coefficient (Wildman–Crippen LogP) is 0.937. The van der Waals surface area contributed by atoms with Crippen molar-refractivity contribution in [1.82, 2.24) is 4.90 Å². The van der Waals surface area contributed by atoms with E-state index in [4.69, 9.17) is 5.73 Å². The minimum absolute atomic E-state index is 0.161. The lowest BCUT2D eigenvalue weighted by atomic mass is 10.1. The highest BCUT2D eigenvalue weighted by Crippen LogP contribution is 2.18. The van der Waals surface area contributed by atoms with Crippen LogP contribution in [0.2, 0.25) is 0 Å². The van der Waals surface area contributed by atoms with Crippen LogP contribution >= 0.6 is 0 Å². The number of carbonyl (C=O) groups excluding carboxylic acids is 1. The van der Waals surface area contributed by atoms with Crippen LogP contribution in [0.4, 0.5) is 5.69 Å². The number of nitrogens with zero attached hydrogens (tertiary/aromatic N) is 2. The molecule has 0 radical (unpaired) electrons. The molecule has 0 bridgehead atoms. The van der Waals surface area contributed by atoms with Gasteiger partial charge in [0.25, 0.3) is 0 Å². The van der Waals surface area contributed by atoms with Crippen LogP contribution in [-0.4, -0.2) is 44.0 Å². The Hall–Kier alpha value is -1.65. The lowest BCUT2D eigenvalue weighted by Crippen LogP contribution is -2.48. The van der Waals surface area contributed by atoms with Crippen LogP contribution in [0.15, 0.2) is 30.3 Å². The zero-order valence-electron chi connectivity index (χ0n) is 10.7. The Bertz CT molecular complexity index is 439. The summed E-state index contributed by atoms with van der Waals surface area (Å²) in [4.78, 5) is 15.8. The molecule has 0 aliphatic carbocycles. The molecule has 0 unspecified atom stereocenters. The number of likely N-dealkylation sites (N-methyl/N-ethyl adjacent to an activating group) is 1. The summed E-state index contributed by atoms with van der Waals surface area (Å²) in [6.45, 7) is 2.71. The van der Waals surface area contributed by atoms with Crippen LogP contribution in [0.25, 0.3) is 6.08 Å². The Morgan fingerprint density at radius 1 is 1.28 bits per heavy atom. The molecule has 0 atom stereocenters. The fourth-order valence-electron chi connectivity index (χ4n) is 2.03. The standard InChI is InChI=1S/C14H19N3O/c1-16-9-10-17(14(18)11-16)13-6-4-12(5-7-13)3-2-8-15/h2-7H,8-11,15H2,1H3/b3-2+. The second-order valence-electron chi connectivity index (χ2n) is 4.51. The summed E-state index contributed by atoms with van der Waals surface area (Å²) in [7, 11) is 1.97. The first-order valence-electron chi connectivity index (χ1n) is 6.16. The Morgan fingerprint density at radius 2 is 2.00 bits per heavy atom. The van der Waals surface area contributed by atoms with Gasteiger partial charge in [-0.25, -0.2) is 0 Å². The quantitative estimate of drug-likeness (QED) is 0.862. The van der Waals surface area contributed by atoms with E-state index in [9.17, 15) is 4.79 Å². The van der Waals surface area contributed by atoms with Crippen molar-refractivity contribution in [3.05, 3.63) is 35.9 Å². The van der Waals surface area contributed by atoms with Gasteiger partial charge in [0.15, 0.2) is 0 Å². The summed E-state index contributed by atoms with van der Waals surface area (Å²) in [6, 6.07) is 7.99. The van der Waals surface area contributed by atoms with Gasteiger partial charge < -0.3 is 10.6 Å². The molecular weight excluding hydrogens is 226 g/mol. The number of piperazine rings is 1. The fraction of sp³-hybridized carbons (Fsp3) is 0.357. The van der Waals surface area contributed by atoms with E-state index in [1.165, 1.54) is 0 Å². The number of hydrogen-bond acceptors (Lipinski definition) is 3. The second kappa shape index (κ2) is 5.80. The maximum atomic E-state index is 11.9. The zero-order valence-corrected chi connectivity index (χ0v) is 10.7. The Labute approximate surface area is 108 Å². The van der Waals surface area contributed by atoms with Crippen LogP contribution in [-0.2, 0) is 4.79 Å². The van der Waals surface area contributed by atoms with Gasteiger partial charge in [0.1, 0.15) is 0 Å². The third-order valence-corrected chi connectivity index (χ3v) is 3.06. The summed E-state index contributed by atoms with van der Waals surface area (Å²) < 4.78 is 0. The van der Waals surface area contributed by atoms with Gasteiger partial charge in [-0.2, -0.15) is 0 Å². The van der Waals surface area contributed by atoms with Crippen molar-refractivity contribution in [2.24, 2.45) is 5.73 Å². The van der Waals surface area contributed by atoms with E-state index in [-0.39, 0.29) is 5.91 Å². The van der Waals surface area contributed by atoms with Crippen molar-refractivity contribution >= 4 is 17.7 Å². The number of hydrogen-bond donors (Lipinski definition) is 1. The number of rotatable bonds is 3. The molecule has 4 nitrogen and oxygen atoms in total. The first-order valence-corrected chi connectivity index (χ1v) is 6.16. The molecule has 4 heteroatoms. The molecule has 1 aliphatic rings. The third-order valence-electron chi connectivity index (χ3n) is 3.06. The molecule has 1 aromatic carbocycles. The molecule has 0 aromatic heterocycles. The predicted molar refractivity (Wildman–Crippen MR) is 74.4 cm³/mol. The molecule has 2 N–H and O–H groups in total. The highest BCUT2D eigenvalue weighted by molar-refractivity contribution is 5.95. The maximum Gasteiger partial charge on any atom is 0.241 e. The first kappa shape index (κ1) is 12.8. The van der Waals surface area contributed by atoms with Crippen LogP contribution in [0.3, 0.4) is 0 Å². The highest BCUT2D eigenvalue weighted by Gasteiger charge is 2.22. The minimum Gasteiger partial charge on any atom is -0.327 e. The van der Waals surface area contributed by atoms with Gasteiger partial charge in [-0.3, -0.25) is 9.69 Å².